The maximum atomic E-state index is 11.0. The molecule has 1 aliphatic carbocycles. The highest BCUT2D eigenvalue weighted by molar-refractivity contribution is 5.86. The zero-order chi connectivity index (χ0) is 13.6. The van der Waals surface area contributed by atoms with Crippen LogP contribution >= 0.6 is 0 Å². The number of H-pyrrole nitrogens is 1. The number of hydrogen-bond acceptors (Lipinski definition) is 1. The largest absolute Gasteiger partial charge is 0.477 e. The molecule has 98 valence electrons. The molecule has 3 nitrogen and oxygen atoms in total. The summed E-state index contributed by atoms with van der Waals surface area (Å²) in [7, 11) is 0. The number of rotatable bonds is 2. The van der Waals surface area contributed by atoms with Gasteiger partial charge in [-0.25, -0.2) is 4.79 Å². The van der Waals surface area contributed by atoms with Gasteiger partial charge in [0.1, 0.15) is 5.69 Å². The van der Waals surface area contributed by atoms with E-state index < -0.39 is 5.97 Å². The van der Waals surface area contributed by atoms with Crippen LogP contribution in [0.3, 0.4) is 0 Å². The average Bonchev–Trinajstić information content (AvgIpc) is 2.85. The lowest BCUT2D eigenvalue weighted by Crippen LogP contribution is -1.99. The normalized spacial score (nSPS) is 17.5. The molecule has 0 amide bonds. The lowest BCUT2D eigenvalue weighted by Gasteiger charge is -2.12. The number of carboxylic acids is 1. The van der Waals surface area contributed by atoms with Crippen LogP contribution in [-0.4, -0.2) is 16.1 Å². The van der Waals surface area contributed by atoms with Gasteiger partial charge in [0.15, 0.2) is 0 Å². The Hall–Kier alpha value is -2.03. The molecule has 19 heavy (non-hydrogen) atoms. The third-order valence-electron chi connectivity index (χ3n) is 3.87. The van der Waals surface area contributed by atoms with E-state index in [1.165, 1.54) is 16.7 Å². The van der Waals surface area contributed by atoms with Gasteiger partial charge in [-0.05, 0) is 43.9 Å². The number of aromatic nitrogens is 1. The van der Waals surface area contributed by atoms with Gasteiger partial charge >= 0.3 is 5.97 Å². The van der Waals surface area contributed by atoms with E-state index in [-0.39, 0.29) is 0 Å². The van der Waals surface area contributed by atoms with Crippen molar-refractivity contribution in [3.8, 4) is 0 Å². The lowest BCUT2D eigenvalue weighted by atomic mass is 9.91. The van der Waals surface area contributed by atoms with Crippen molar-refractivity contribution in [1.82, 2.24) is 4.98 Å². The minimum Gasteiger partial charge on any atom is -0.477 e. The van der Waals surface area contributed by atoms with E-state index in [9.17, 15) is 4.79 Å². The minimum absolute atomic E-state index is 0.305. The van der Waals surface area contributed by atoms with Crippen molar-refractivity contribution in [2.45, 2.75) is 32.6 Å². The highest BCUT2D eigenvalue weighted by Gasteiger charge is 2.27. The van der Waals surface area contributed by atoms with Gasteiger partial charge in [-0.1, -0.05) is 29.3 Å². The minimum atomic E-state index is -0.881. The van der Waals surface area contributed by atoms with Crippen molar-refractivity contribution < 1.29 is 9.90 Å². The zero-order valence-electron chi connectivity index (χ0n) is 11.2. The third kappa shape index (κ3) is 2.05. The molecule has 0 saturated heterocycles. The number of carbonyl (C=O) groups is 1. The Balaban J connectivity index is 2.03. The van der Waals surface area contributed by atoms with E-state index in [0.717, 1.165) is 24.1 Å². The van der Waals surface area contributed by atoms with Gasteiger partial charge in [0.2, 0.25) is 0 Å². The summed E-state index contributed by atoms with van der Waals surface area (Å²) < 4.78 is 0. The first-order valence-electron chi connectivity index (χ1n) is 6.58. The van der Waals surface area contributed by atoms with Crippen LogP contribution in [0.1, 0.15) is 50.8 Å². The molecule has 2 N–H and O–H groups in total. The van der Waals surface area contributed by atoms with Crippen molar-refractivity contribution in [2.75, 3.05) is 0 Å². The van der Waals surface area contributed by atoms with Gasteiger partial charge in [0.05, 0.1) is 0 Å². The fraction of sp³-hybridized carbons (Fsp3) is 0.312. The number of benzene rings is 1. The fourth-order valence-electron chi connectivity index (χ4n) is 3.15. The molecule has 0 saturated carbocycles. The molecule has 1 heterocycles. The average molecular weight is 255 g/mol. The number of carboxylic acid groups (broad SMARTS) is 1. The van der Waals surface area contributed by atoms with E-state index in [1.54, 1.807) is 6.07 Å². The van der Waals surface area contributed by atoms with Gasteiger partial charge < -0.3 is 10.1 Å². The maximum absolute atomic E-state index is 11.0. The lowest BCUT2D eigenvalue weighted by molar-refractivity contribution is 0.0691. The predicted molar refractivity (Wildman–Crippen MR) is 73.8 cm³/mol. The van der Waals surface area contributed by atoms with E-state index >= 15 is 0 Å². The van der Waals surface area contributed by atoms with E-state index in [0.29, 0.717) is 11.6 Å². The first-order chi connectivity index (χ1) is 9.04. The fourth-order valence-corrected chi connectivity index (χ4v) is 3.15. The van der Waals surface area contributed by atoms with Crippen LogP contribution in [-0.2, 0) is 6.42 Å². The van der Waals surface area contributed by atoms with Gasteiger partial charge in [0.25, 0.3) is 0 Å². The standard InChI is InChI=1S/C16H17NO2/c1-9-5-10(2)7-11(6-9)12-3-4-14-13(12)8-15(17-14)16(18)19/h5-8,12,17H,3-4H2,1-2H3,(H,18,19). The first-order valence-corrected chi connectivity index (χ1v) is 6.58. The molecule has 1 aliphatic rings. The molecule has 0 fully saturated rings. The Morgan fingerprint density at radius 3 is 2.53 bits per heavy atom. The van der Waals surface area contributed by atoms with Gasteiger partial charge in [-0.2, -0.15) is 0 Å². The number of aromatic amines is 1. The number of nitrogens with one attached hydrogen (secondary N) is 1. The number of hydrogen-bond donors (Lipinski definition) is 2. The number of aryl methyl sites for hydroxylation is 3. The van der Waals surface area contributed by atoms with Crippen molar-refractivity contribution in [3.05, 3.63) is 57.9 Å². The van der Waals surface area contributed by atoms with Crippen LogP contribution in [0, 0.1) is 13.8 Å². The van der Waals surface area contributed by atoms with Gasteiger partial charge in [-0.15, -0.1) is 0 Å². The predicted octanol–water partition coefficient (Wildman–Crippen LogP) is 3.41. The number of fused-ring (bicyclic) bond motifs is 1. The molecule has 1 aromatic carbocycles. The summed E-state index contributed by atoms with van der Waals surface area (Å²) >= 11 is 0. The molecule has 1 atom stereocenters. The second kappa shape index (κ2) is 4.26. The summed E-state index contributed by atoms with van der Waals surface area (Å²) in [5.74, 6) is -0.550. The Labute approximate surface area is 112 Å². The van der Waals surface area contributed by atoms with E-state index in [1.807, 2.05) is 0 Å². The molecule has 1 aromatic heterocycles. The summed E-state index contributed by atoms with van der Waals surface area (Å²) in [6, 6.07) is 8.38. The monoisotopic (exact) mass is 255 g/mol. The molecule has 0 aliphatic heterocycles. The maximum Gasteiger partial charge on any atom is 0.352 e. The van der Waals surface area contributed by atoms with Crippen LogP contribution in [0.15, 0.2) is 24.3 Å². The highest BCUT2D eigenvalue weighted by atomic mass is 16.4. The highest BCUT2D eigenvalue weighted by Crippen LogP contribution is 2.39. The molecule has 3 heteroatoms. The summed E-state index contributed by atoms with van der Waals surface area (Å²) in [5, 5.41) is 9.06. The summed E-state index contributed by atoms with van der Waals surface area (Å²) in [6.07, 6.45) is 1.99. The van der Waals surface area contributed by atoms with Crippen LogP contribution in [0.4, 0.5) is 0 Å². The Bertz CT molecular complexity index is 635. The van der Waals surface area contributed by atoms with Crippen molar-refractivity contribution in [1.29, 1.82) is 0 Å². The Morgan fingerprint density at radius 1 is 1.21 bits per heavy atom. The van der Waals surface area contributed by atoms with Gasteiger partial charge in [-0.3, -0.25) is 0 Å². The topological polar surface area (TPSA) is 53.1 Å². The number of aromatic carboxylic acids is 1. The molecule has 0 radical (unpaired) electrons. The van der Waals surface area contributed by atoms with E-state index in [4.69, 9.17) is 5.11 Å². The van der Waals surface area contributed by atoms with Crippen molar-refractivity contribution in [3.63, 3.8) is 0 Å². The van der Waals surface area contributed by atoms with Crippen LogP contribution < -0.4 is 0 Å². The first kappa shape index (κ1) is 12.0. The molecule has 3 rings (SSSR count). The van der Waals surface area contributed by atoms with Crippen LogP contribution in [0.25, 0.3) is 0 Å². The van der Waals surface area contributed by atoms with Crippen molar-refractivity contribution >= 4 is 5.97 Å². The zero-order valence-corrected chi connectivity index (χ0v) is 11.2. The second-order valence-electron chi connectivity index (χ2n) is 5.43. The molecule has 1 unspecified atom stereocenters. The van der Waals surface area contributed by atoms with Crippen LogP contribution in [0.2, 0.25) is 0 Å². The molecular weight excluding hydrogens is 238 g/mol. The smallest absolute Gasteiger partial charge is 0.352 e. The third-order valence-corrected chi connectivity index (χ3v) is 3.87. The summed E-state index contributed by atoms with van der Waals surface area (Å²) in [6.45, 7) is 4.21. The molecule has 0 bridgehead atoms. The van der Waals surface area contributed by atoms with Crippen LogP contribution in [0.5, 0.6) is 0 Å². The molecule has 2 aromatic rings. The van der Waals surface area contributed by atoms with Crippen molar-refractivity contribution in [2.24, 2.45) is 0 Å². The second-order valence-corrected chi connectivity index (χ2v) is 5.43. The molecular formula is C16H17NO2. The summed E-state index contributed by atoms with van der Waals surface area (Å²) in [4.78, 5) is 14.0. The van der Waals surface area contributed by atoms with Gasteiger partial charge in [0, 0.05) is 11.6 Å². The Kier molecular flexibility index (Phi) is 2.70. The molecule has 0 spiro atoms. The summed E-state index contributed by atoms with van der Waals surface area (Å²) in [5.41, 5.74) is 6.37. The Morgan fingerprint density at radius 2 is 1.89 bits per heavy atom. The van der Waals surface area contributed by atoms with E-state index in [2.05, 4.69) is 37.0 Å². The SMILES string of the molecule is Cc1cc(C)cc(C2CCc3[nH]c(C(=O)O)cc32)c1. The quantitative estimate of drug-likeness (QED) is 0.864.